The molecule has 4 heterocycles. The lowest BCUT2D eigenvalue weighted by atomic mass is 9.98. The molecule has 6 rings (SSSR count). The van der Waals surface area contributed by atoms with Crippen LogP contribution in [0, 0.1) is 13.8 Å². The number of halogens is 1. The first-order valence-corrected chi connectivity index (χ1v) is 17.1. The zero-order valence-corrected chi connectivity index (χ0v) is 29.1. The number of hydrogen-bond donors (Lipinski definition) is 3. The Bertz CT molecular complexity index is 1710. The predicted octanol–water partition coefficient (Wildman–Crippen LogP) is 6.85. The summed E-state index contributed by atoms with van der Waals surface area (Å²) in [6, 6.07) is 16.1. The molecular weight excluding hydrogens is 664 g/mol. The van der Waals surface area contributed by atoms with E-state index in [1.54, 1.807) is 16.2 Å². The van der Waals surface area contributed by atoms with E-state index in [0.717, 1.165) is 81.8 Å². The number of thiazole rings is 2. The molecule has 5 N–H and O–H groups in total. The molecule has 0 aliphatic carbocycles. The van der Waals surface area contributed by atoms with E-state index in [1.165, 1.54) is 23.0 Å². The summed E-state index contributed by atoms with van der Waals surface area (Å²) in [5, 5.41) is 5.28. The van der Waals surface area contributed by atoms with Gasteiger partial charge >= 0.3 is 0 Å². The van der Waals surface area contributed by atoms with Gasteiger partial charge in [-0.3, -0.25) is 14.4 Å². The fraction of sp³-hybridized carbons (Fsp3) is 0.361. The fourth-order valence-corrected chi connectivity index (χ4v) is 8.14. The van der Waals surface area contributed by atoms with Crippen LogP contribution in [0.3, 0.4) is 0 Å². The number of carbonyl (C=O) groups excluding carboxylic acids is 3. The predicted molar refractivity (Wildman–Crippen MR) is 199 cm³/mol. The highest BCUT2D eigenvalue weighted by Crippen LogP contribution is 2.38. The third-order valence-corrected chi connectivity index (χ3v) is 10.8. The van der Waals surface area contributed by atoms with E-state index in [4.69, 9.17) is 11.5 Å². The standard InChI is InChI=1S/C19H21N3O2S.C16H19N3OS.CH4.ClH/c1-3-15(23)22-10-4-5-14(11-22)19-21-16(18(20)24)17(25-19)13-8-6-12(2)7-9-13;1-10-4-6-11(7-5-10)14-13(15(17)20)19-16(21-14)12-3-2-8-18-9-12;;/h3,6-9,14H,1,4-5,10-11H2,2H3,(H2,20,24);4-7,12,18H,2-3,8-9H2,1H3,(H2,17,20);1H4;1H. The molecule has 2 aliphatic heterocycles. The number of carbonyl (C=O) groups is 3. The monoisotopic (exact) mass is 708 g/mol. The maximum Gasteiger partial charge on any atom is 0.268 e. The van der Waals surface area contributed by atoms with Gasteiger partial charge < -0.3 is 21.7 Å². The first-order chi connectivity index (χ1) is 22.1. The Kier molecular flexibility index (Phi) is 14.0. The van der Waals surface area contributed by atoms with E-state index >= 15 is 0 Å². The first kappa shape index (κ1) is 38.5. The van der Waals surface area contributed by atoms with Gasteiger partial charge in [-0.2, -0.15) is 0 Å². The molecule has 2 aliphatic rings. The summed E-state index contributed by atoms with van der Waals surface area (Å²) in [6.45, 7) is 11.0. The van der Waals surface area contributed by atoms with Crippen LogP contribution in [0.5, 0.6) is 0 Å². The number of nitrogens with two attached hydrogens (primary N) is 2. The van der Waals surface area contributed by atoms with Gasteiger partial charge in [0.15, 0.2) is 0 Å². The van der Waals surface area contributed by atoms with Gasteiger partial charge in [0.2, 0.25) is 5.91 Å². The van der Waals surface area contributed by atoms with Crippen molar-refractivity contribution in [3.05, 3.63) is 93.7 Å². The van der Waals surface area contributed by atoms with Crippen molar-refractivity contribution in [1.29, 1.82) is 0 Å². The number of nitrogens with zero attached hydrogens (tertiary/aromatic N) is 3. The van der Waals surface area contributed by atoms with E-state index < -0.39 is 11.8 Å². The highest BCUT2D eigenvalue weighted by molar-refractivity contribution is 7.16. The summed E-state index contributed by atoms with van der Waals surface area (Å²) < 4.78 is 0. The molecule has 256 valence electrons. The Morgan fingerprint density at radius 1 is 0.833 bits per heavy atom. The molecule has 4 aromatic rings. The lowest BCUT2D eigenvalue weighted by molar-refractivity contribution is -0.127. The first-order valence-electron chi connectivity index (χ1n) is 15.5. The topological polar surface area (TPSA) is 144 Å². The highest BCUT2D eigenvalue weighted by Gasteiger charge is 2.28. The number of likely N-dealkylation sites (tertiary alicyclic amines) is 1. The van der Waals surface area contributed by atoms with Crippen molar-refractivity contribution < 1.29 is 14.4 Å². The van der Waals surface area contributed by atoms with Crippen molar-refractivity contribution in [2.24, 2.45) is 11.5 Å². The van der Waals surface area contributed by atoms with Gasteiger partial charge in [-0.05, 0) is 63.3 Å². The summed E-state index contributed by atoms with van der Waals surface area (Å²) in [4.78, 5) is 48.0. The Balaban J connectivity index is 0.000000253. The second-order valence-corrected chi connectivity index (χ2v) is 13.9. The molecule has 2 unspecified atom stereocenters. The van der Waals surface area contributed by atoms with Crippen LogP contribution in [0.2, 0.25) is 0 Å². The number of aryl methyl sites for hydroxylation is 2. The fourth-order valence-electron chi connectivity index (χ4n) is 5.73. The van der Waals surface area contributed by atoms with Gasteiger partial charge in [0.25, 0.3) is 11.8 Å². The molecule has 2 atom stereocenters. The number of nitrogens with one attached hydrogen (secondary N) is 1. The van der Waals surface area contributed by atoms with Crippen LogP contribution >= 0.6 is 35.1 Å². The Morgan fingerprint density at radius 3 is 1.75 bits per heavy atom. The van der Waals surface area contributed by atoms with Crippen LogP contribution in [0.4, 0.5) is 0 Å². The summed E-state index contributed by atoms with van der Waals surface area (Å²) in [6.07, 6.45) is 5.47. The molecule has 2 aromatic carbocycles. The van der Waals surface area contributed by atoms with Crippen molar-refractivity contribution in [1.82, 2.24) is 20.2 Å². The molecule has 2 aromatic heterocycles. The van der Waals surface area contributed by atoms with Crippen molar-refractivity contribution in [2.75, 3.05) is 26.2 Å². The van der Waals surface area contributed by atoms with Crippen LogP contribution in [-0.4, -0.2) is 58.8 Å². The van der Waals surface area contributed by atoms with Crippen molar-refractivity contribution in [3.63, 3.8) is 0 Å². The van der Waals surface area contributed by atoms with E-state index in [-0.39, 0.29) is 31.7 Å². The third kappa shape index (κ3) is 9.16. The van der Waals surface area contributed by atoms with Crippen LogP contribution in [0.1, 0.15) is 87.1 Å². The summed E-state index contributed by atoms with van der Waals surface area (Å²) >= 11 is 3.10. The van der Waals surface area contributed by atoms with Crippen LogP contribution in [-0.2, 0) is 4.79 Å². The maximum absolute atomic E-state index is 11.9. The van der Waals surface area contributed by atoms with Gasteiger partial charge in [-0.15, -0.1) is 35.1 Å². The smallest absolute Gasteiger partial charge is 0.268 e. The second-order valence-electron chi connectivity index (χ2n) is 11.8. The molecule has 2 saturated heterocycles. The van der Waals surface area contributed by atoms with E-state index in [2.05, 4.69) is 21.9 Å². The van der Waals surface area contributed by atoms with E-state index in [9.17, 15) is 14.4 Å². The van der Waals surface area contributed by atoms with Crippen LogP contribution in [0.15, 0.2) is 61.2 Å². The molecule has 2 fully saturated rings. The van der Waals surface area contributed by atoms with E-state index in [1.807, 2.05) is 62.4 Å². The number of primary amides is 2. The maximum atomic E-state index is 11.9. The molecule has 3 amide bonds. The minimum atomic E-state index is -0.520. The van der Waals surface area contributed by atoms with Crippen LogP contribution < -0.4 is 16.8 Å². The summed E-state index contributed by atoms with van der Waals surface area (Å²) in [5.41, 5.74) is 16.1. The Morgan fingerprint density at radius 2 is 1.31 bits per heavy atom. The van der Waals surface area contributed by atoms with Gasteiger partial charge in [-0.1, -0.05) is 73.7 Å². The largest absolute Gasteiger partial charge is 0.364 e. The minimum Gasteiger partial charge on any atom is -0.364 e. The number of aromatic nitrogens is 2. The van der Waals surface area contributed by atoms with Crippen molar-refractivity contribution in [3.8, 4) is 20.9 Å². The van der Waals surface area contributed by atoms with Gasteiger partial charge in [-0.25, -0.2) is 9.97 Å². The quantitative estimate of drug-likeness (QED) is 0.179. The van der Waals surface area contributed by atoms with Gasteiger partial charge in [0.1, 0.15) is 11.4 Å². The average molecular weight is 709 g/mol. The van der Waals surface area contributed by atoms with E-state index in [0.29, 0.717) is 23.9 Å². The van der Waals surface area contributed by atoms with Crippen molar-refractivity contribution >= 4 is 52.8 Å². The Hall–Kier alpha value is -3.90. The highest BCUT2D eigenvalue weighted by atomic mass is 35.5. The zero-order valence-electron chi connectivity index (χ0n) is 26.7. The normalized spacial score (nSPS) is 17.2. The zero-order chi connectivity index (χ0) is 32.8. The second kappa shape index (κ2) is 17.5. The molecule has 0 saturated carbocycles. The number of amides is 3. The average Bonchev–Trinajstić information content (AvgIpc) is 3.73. The third-order valence-electron chi connectivity index (χ3n) is 8.28. The lowest BCUT2D eigenvalue weighted by Crippen LogP contribution is -2.38. The van der Waals surface area contributed by atoms with Gasteiger partial charge in [0, 0.05) is 31.5 Å². The molecule has 9 nitrogen and oxygen atoms in total. The SMILES string of the molecule is C.C=CC(=O)N1CCCC(c2nc(C(N)=O)c(-c3ccc(C)cc3)s2)C1.Cc1ccc(-c2sc(C3CCCNC3)nc2C(N)=O)cc1.Cl. The summed E-state index contributed by atoms with van der Waals surface area (Å²) in [7, 11) is 0. The Labute approximate surface area is 297 Å². The molecule has 0 spiro atoms. The van der Waals surface area contributed by atoms with Crippen LogP contribution in [0.25, 0.3) is 20.9 Å². The molecule has 48 heavy (non-hydrogen) atoms. The number of hydrogen-bond acceptors (Lipinski definition) is 8. The molecule has 0 bridgehead atoms. The number of piperidine rings is 2. The molecule has 12 heteroatoms. The minimum absolute atomic E-state index is 0. The summed E-state index contributed by atoms with van der Waals surface area (Å²) in [5.74, 6) is -0.513. The lowest BCUT2D eigenvalue weighted by Gasteiger charge is -2.31. The number of rotatable bonds is 7. The molecule has 0 radical (unpaired) electrons. The van der Waals surface area contributed by atoms with Crippen molar-refractivity contribution in [2.45, 2.75) is 58.8 Å². The van der Waals surface area contributed by atoms with Gasteiger partial charge in [0.05, 0.1) is 19.8 Å². The molecular formula is C36H45ClN6O3S2. The number of benzene rings is 2.